The third-order valence-corrected chi connectivity index (χ3v) is 9.61. The van der Waals surface area contributed by atoms with Crippen molar-refractivity contribution in [2.75, 3.05) is 0 Å². The van der Waals surface area contributed by atoms with Crippen LogP contribution in [-0.2, 0) is 0 Å². The zero-order valence-corrected chi connectivity index (χ0v) is 28.8. The van der Waals surface area contributed by atoms with Crippen molar-refractivity contribution in [3.05, 3.63) is 182 Å². The lowest BCUT2D eigenvalue weighted by Crippen LogP contribution is -2.10. The smallest absolute Gasteiger partial charge is 0.238 e. The number of para-hydroxylation sites is 5. The van der Waals surface area contributed by atoms with E-state index in [0.717, 1.165) is 4.57 Å². The van der Waals surface area contributed by atoms with Gasteiger partial charge in [0.25, 0.3) is 0 Å². The van der Waals surface area contributed by atoms with Gasteiger partial charge in [-0.2, -0.15) is 9.97 Å². The van der Waals surface area contributed by atoms with Gasteiger partial charge in [0.05, 0.1) is 84.3 Å². The fourth-order valence-electron chi connectivity index (χ4n) is 7.36. The minimum atomic E-state index is -0.811. The summed E-state index contributed by atoms with van der Waals surface area (Å²) >= 11 is 0. The second kappa shape index (κ2) is 12.3. The van der Waals surface area contributed by atoms with Crippen molar-refractivity contribution in [1.29, 1.82) is 0 Å². The molecule has 0 fully saturated rings. The number of benzene rings is 6. The monoisotopic (exact) mass is 751 g/mol. The summed E-state index contributed by atoms with van der Waals surface area (Å²) in [5.41, 5.74) is -1.31. The predicted octanol–water partition coefficient (Wildman–Crippen LogP) is 11.3. The van der Waals surface area contributed by atoms with E-state index in [9.17, 15) is 6.85 Å². The highest BCUT2D eigenvalue weighted by Gasteiger charge is 2.25. The third kappa shape index (κ3) is 4.64. The Labute approximate surface area is 355 Å². The quantitative estimate of drug-likeness (QED) is 0.175. The molecular weight excluding hydrogens is 701 g/mol. The molecule has 0 saturated heterocycles. The van der Waals surface area contributed by atoms with Crippen LogP contribution in [0.25, 0.3) is 106 Å². The Bertz CT molecular complexity index is 4670. The SMILES string of the molecule is [2H]c1c([2H])c([2H])c(-c2nc(-c3cccc(-n4c5cccnc5c5c([2H])c([2H])c([2H])c([2H])c54)c3-n3c4cccnc4c4c([2H])c([2H])c([2H])c([2H])c43)nc(-n3c4c([2H])c([2H])c([2H])c([2H])c4c4c([2H])c([2H])c([2H])c([2H])c43)n2)c([2H])c1[2H]. The van der Waals surface area contributed by atoms with Gasteiger partial charge in [-0.25, -0.2) is 4.98 Å². The summed E-state index contributed by atoms with van der Waals surface area (Å²) in [6, 6.07) is -3.59. The lowest BCUT2D eigenvalue weighted by atomic mass is 10.1. The lowest BCUT2D eigenvalue weighted by molar-refractivity contribution is 0.950. The van der Waals surface area contributed by atoms with Crippen molar-refractivity contribution < 1.29 is 28.8 Å². The van der Waals surface area contributed by atoms with Crippen molar-refractivity contribution in [2.45, 2.75) is 0 Å². The maximum atomic E-state index is 9.50. The number of nitrogens with zero attached hydrogens (tertiary/aromatic N) is 8. The normalized spacial score (nSPS) is 17.0. The maximum absolute atomic E-state index is 9.50. The van der Waals surface area contributed by atoms with E-state index in [1.165, 1.54) is 33.7 Å². The van der Waals surface area contributed by atoms with Crippen LogP contribution in [-0.4, -0.2) is 38.6 Å². The van der Waals surface area contributed by atoms with Crippen molar-refractivity contribution in [3.8, 4) is 40.1 Å². The number of fused-ring (bicyclic) bond motifs is 9. The molecule has 8 nitrogen and oxygen atoms in total. The largest absolute Gasteiger partial charge is 0.305 e. The van der Waals surface area contributed by atoms with Crippen LogP contribution < -0.4 is 0 Å². The number of aromatic nitrogens is 8. The Morgan fingerprint density at radius 2 is 0.912 bits per heavy atom. The van der Waals surface area contributed by atoms with Crippen molar-refractivity contribution >= 4 is 65.7 Å². The van der Waals surface area contributed by atoms with E-state index >= 15 is 0 Å². The van der Waals surface area contributed by atoms with E-state index in [1.54, 1.807) is 30.3 Å². The molecule has 0 radical (unpaired) electrons. The summed E-state index contributed by atoms with van der Waals surface area (Å²) in [6.45, 7) is 0. The third-order valence-electron chi connectivity index (χ3n) is 9.61. The van der Waals surface area contributed by atoms with Crippen LogP contribution in [0, 0.1) is 0 Å². The number of rotatable bonds is 5. The molecule has 0 aliphatic carbocycles. The first kappa shape index (κ1) is 17.2. The number of hydrogen-bond acceptors (Lipinski definition) is 5. The van der Waals surface area contributed by atoms with Crippen LogP contribution >= 0.6 is 0 Å². The Kier molecular flexibility index (Phi) is 3.71. The van der Waals surface area contributed by atoms with Crippen LogP contribution in [0.1, 0.15) is 28.8 Å². The Morgan fingerprint density at radius 1 is 0.404 bits per heavy atom. The van der Waals surface area contributed by atoms with Gasteiger partial charge in [-0.05, 0) is 60.6 Å². The average Bonchev–Trinajstić information content (AvgIpc) is 3.80. The predicted molar refractivity (Wildman–Crippen MR) is 229 cm³/mol. The van der Waals surface area contributed by atoms with Gasteiger partial charge in [0.2, 0.25) is 5.95 Å². The van der Waals surface area contributed by atoms with Gasteiger partial charge in [0, 0.05) is 45.1 Å². The zero-order chi connectivity index (χ0) is 55.7. The molecule has 6 heterocycles. The average molecular weight is 752 g/mol. The molecule has 0 bridgehead atoms. The minimum Gasteiger partial charge on any atom is -0.305 e. The van der Waals surface area contributed by atoms with Gasteiger partial charge in [0.15, 0.2) is 11.6 Å². The molecule has 0 N–H and O–H groups in total. The molecule has 6 aromatic heterocycles. The minimum absolute atomic E-state index is 0.00478. The number of pyridine rings is 2. The molecule has 12 rings (SSSR count). The Hall–Kier alpha value is -7.97. The molecule has 12 aromatic rings. The van der Waals surface area contributed by atoms with Crippen LogP contribution in [0.4, 0.5) is 0 Å². The van der Waals surface area contributed by atoms with Crippen LogP contribution in [0.5, 0.6) is 0 Å². The first-order valence-electron chi connectivity index (χ1n) is 27.7. The van der Waals surface area contributed by atoms with Crippen LogP contribution in [0.3, 0.4) is 0 Å². The summed E-state index contributed by atoms with van der Waals surface area (Å²) in [5.74, 6) is -1.79. The molecule has 0 aliphatic rings. The summed E-state index contributed by atoms with van der Waals surface area (Å²) in [6.07, 6.45) is 2.84. The summed E-state index contributed by atoms with van der Waals surface area (Å²) < 4.78 is 192. The highest BCUT2D eigenvalue weighted by Crippen LogP contribution is 2.41. The molecule has 57 heavy (non-hydrogen) atoms. The van der Waals surface area contributed by atoms with Gasteiger partial charge in [0.1, 0.15) is 0 Å². The Morgan fingerprint density at radius 3 is 1.54 bits per heavy atom. The first-order chi connectivity index (χ1) is 37.0. The van der Waals surface area contributed by atoms with Gasteiger partial charge < -0.3 is 9.13 Å². The maximum Gasteiger partial charge on any atom is 0.238 e. The molecule has 266 valence electrons. The van der Waals surface area contributed by atoms with Crippen molar-refractivity contribution in [1.82, 2.24) is 38.6 Å². The fraction of sp³-hybridized carbons (Fsp3) is 0. The summed E-state index contributed by atoms with van der Waals surface area (Å²) in [5, 5.41) is -0.778. The molecule has 0 aliphatic heterocycles. The van der Waals surface area contributed by atoms with Crippen LogP contribution in [0.2, 0.25) is 0 Å². The fourth-order valence-corrected chi connectivity index (χ4v) is 7.36. The molecule has 0 unspecified atom stereocenters. The summed E-state index contributed by atoms with van der Waals surface area (Å²) in [7, 11) is 0. The van der Waals surface area contributed by atoms with E-state index in [2.05, 4.69) is 15.0 Å². The molecule has 0 spiro atoms. The zero-order valence-electron chi connectivity index (χ0n) is 49.8. The van der Waals surface area contributed by atoms with Gasteiger partial charge in [-0.1, -0.05) is 109 Å². The van der Waals surface area contributed by atoms with Crippen molar-refractivity contribution in [3.63, 3.8) is 0 Å². The van der Waals surface area contributed by atoms with E-state index in [0.29, 0.717) is 0 Å². The molecule has 0 saturated carbocycles. The first-order valence-corrected chi connectivity index (χ1v) is 17.2. The summed E-state index contributed by atoms with van der Waals surface area (Å²) in [4.78, 5) is 23.5. The highest BCUT2D eigenvalue weighted by atomic mass is 15.2. The molecule has 0 atom stereocenters. The second-order valence-electron chi connectivity index (χ2n) is 12.6. The lowest BCUT2D eigenvalue weighted by Gasteiger charge is -2.20. The van der Waals surface area contributed by atoms with E-state index < -0.39 is 161 Å². The van der Waals surface area contributed by atoms with Gasteiger partial charge >= 0.3 is 0 Å². The molecule has 8 heteroatoms. The molecule has 0 amide bonds. The molecular formula is C49H30N8. The van der Waals surface area contributed by atoms with E-state index in [-0.39, 0.29) is 71.6 Å². The van der Waals surface area contributed by atoms with E-state index in [1.807, 2.05) is 0 Å². The van der Waals surface area contributed by atoms with E-state index in [4.69, 9.17) is 31.9 Å². The standard InChI is InChI=1S/C49H30N8/c1-2-15-31(16-3-1)47-52-48(54-49(53-47)57-37-22-8-4-17-32(37)33-18-5-9-23-38(33)57)36-21-12-26-43(55-39-24-10-6-19-34(39)44-41(55)27-13-29-50-44)46(36)56-40-25-11-7-20-35(40)45-42(56)28-14-30-51-45/h1-30H/i1D,2D,3D,4D,5D,6D,7D,8D,9D,10D,11D,15D,16D,17D,18D,19D,20D,22D,23D,24D,25D. The van der Waals surface area contributed by atoms with Gasteiger partial charge in [-0.15, -0.1) is 0 Å². The topological polar surface area (TPSA) is 79.2 Å². The number of hydrogen-bond donors (Lipinski definition) is 0. The highest BCUT2D eigenvalue weighted by molar-refractivity contribution is 6.11. The second-order valence-corrected chi connectivity index (χ2v) is 12.6. The van der Waals surface area contributed by atoms with Crippen molar-refractivity contribution in [2.24, 2.45) is 0 Å². The van der Waals surface area contributed by atoms with Crippen LogP contribution in [0.15, 0.2) is 182 Å². The van der Waals surface area contributed by atoms with Gasteiger partial charge in [-0.3, -0.25) is 14.5 Å². The Balaban J connectivity index is 1.35. The molecule has 6 aromatic carbocycles.